The molecule has 1 aliphatic rings. The van der Waals surface area contributed by atoms with Crippen LogP contribution in [0.2, 0.25) is 0 Å². The predicted octanol–water partition coefficient (Wildman–Crippen LogP) is 3.07. The Morgan fingerprint density at radius 2 is 2.13 bits per heavy atom. The van der Waals surface area contributed by atoms with Crippen molar-refractivity contribution in [1.82, 2.24) is 4.98 Å². The third-order valence-corrected chi connectivity index (χ3v) is 3.53. The average molecular weight is 208 g/mol. The van der Waals surface area contributed by atoms with Gasteiger partial charge in [-0.3, -0.25) is 0 Å². The SMILES string of the molecule is CC1CCC(Nc2ccc(F)cn2)C1C. The van der Waals surface area contributed by atoms with E-state index in [1.807, 2.05) is 0 Å². The molecular weight excluding hydrogens is 191 g/mol. The first-order valence-electron chi connectivity index (χ1n) is 5.55. The van der Waals surface area contributed by atoms with Crippen molar-refractivity contribution < 1.29 is 4.39 Å². The zero-order chi connectivity index (χ0) is 10.8. The fourth-order valence-corrected chi connectivity index (χ4v) is 2.22. The van der Waals surface area contributed by atoms with Crippen molar-refractivity contribution in [2.75, 3.05) is 5.32 Å². The summed E-state index contributed by atoms with van der Waals surface area (Å²) in [5.74, 6) is 1.93. The minimum absolute atomic E-state index is 0.284. The Hall–Kier alpha value is -1.12. The number of aromatic nitrogens is 1. The van der Waals surface area contributed by atoms with Crippen LogP contribution in [0.1, 0.15) is 26.7 Å². The standard InChI is InChI=1S/C12H17FN2/c1-8-3-5-11(9(8)2)15-12-6-4-10(13)7-14-12/h4,6-9,11H,3,5H2,1-2H3,(H,14,15). The van der Waals surface area contributed by atoms with E-state index in [0.29, 0.717) is 12.0 Å². The number of hydrogen-bond acceptors (Lipinski definition) is 2. The lowest BCUT2D eigenvalue weighted by atomic mass is 9.98. The van der Waals surface area contributed by atoms with Gasteiger partial charge in [0.1, 0.15) is 11.6 Å². The van der Waals surface area contributed by atoms with Crippen LogP contribution in [-0.4, -0.2) is 11.0 Å². The van der Waals surface area contributed by atoms with E-state index in [1.54, 1.807) is 6.07 Å². The highest BCUT2D eigenvalue weighted by molar-refractivity contribution is 5.35. The van der Waals surface area contributed by atoms with Crippen LogP contribution >= 0.6 is 0 Å². The van der Waals surface area contributed by atoms with E-state index in [9.17, 15) is 4.39 Å². The summed E-state index contributed by atoms with van der Waals surface area (Å²) in [4.78, 5) is 4.02. The van der Waals surface area contributed by atoms with E-state index in [1.165, 1.54) is 25.1 Å². The van der Waals surface area contributed by atoms with Crippen molar-refractivity contribution in [2.45, 2.75) is 32.7 Å². The largest absolute Gasteiger partial charge is 0.367 e. The van der Waals surface area contributed by atoms with Gasteiger partial charge in [-0.1, -0.05) is 13.8 Å². The van der Waals surface area contributed by atoms with Gasteiger partial charge in [-0.15, -0.1) is 0 Å². The van der Waals surface area contributed by atoms with Gasteiger partial charge < -0.3 is 5.32 Å². The third kappa shape index (κ3) is 2.28. The summed E-state index contributed by atoms with van der Waals surface area (Å²) in [5, 5.41) is 3.37. The first-order chi connectivity index (χ1) is 7.16. The molecule has 2 rings (SSSR count). The molecule has 0 amide bonds. The fourth-order valence-electron chi connectivity index (χ4n) is 2.22. The van der Waals surface area contributed by atoms with Gasteiger partial charge in [0.05, 0.1) is 6.20 Å². The van der Waals surface area contributed by atoms with E-state index in [0.717, 1.165) is 11.7 Å². The normalized spacial score (nSPS) is 30.5. The number of nitrogens with zero attached hydrogens (tertiary/aromatic N) is 1. The van der Waals surface area contributed by atoms with E-state index >= 15 is 0 Å². The Labute approximate surface area is 89.9 Å². The summed E-state index contributed by atoms with van der Waals surface area (Å²) in [5.41, 5.74) is 0. The molecule has 0 aromatic carbocycles. The maximum atomic E-state index is 12.6. The minimum atomic E-state index is -0.284. The summed E-state index contributed by atoms with van der Waals surface area (Å²) in [6.45, 7) is 4.54. The summed E-state index contributed by atoms with van der Waals surface area (Å²) in [6.07, 6.45) is 3.70. The second-order valence-electron chi connectivity index (χ2n) is 4.53. The van der Waals surface area contributed by atoms with Crippen LogP contribution in [0.5, 0.6) is 0 Å². The fraction of sp³-hybridized carbons (Fsp3) is 0.583. The smallest absolute Gasteiger partial charge is 0.141 e. The molecule has 1 heterocycles. The maximum absolute atomic E-state index is 12.6. The number of rotatable bonds is 2. The molecule has 1 N–H and O–H groups in total. The minimum Gasteiger partial charge on any atom is -0.367 e. The predicted molar refractivity (Wildman–Crippen MR) is 59.2 cm³/mol. The molecule has 82 valence electrons. The molecule has 3 unspecified atom stereocenters. The molecule has 3 heteroatoms. The highest BCUT2D eigenvalue weighted by Gasteiger charge is 2.29. The van der Waals surface area contributed by atoms with Gasteiger partial charge >= 0.3 is 0 Å². The average Bonchev–Trinajstić information content (AvgIpc) is 2.53. The third-order valence-electron chi connectivity index (χ3n) is 3.53. The summed E-state index contributed by atoms with van der Waals surface area (Å²) >= 11 is 0. The van der Waals surface area contributed by atoms with E-state index in [2.05, 4.69) is 24.1 Å². The summed E-state index contributed by atoms with van der Waals surface area (Å²) in [6, 6.07) is 3.63. The summed E-state index contributed by atoms with van der Waals surface area (Å²) < 4.78 is 12.6. The molecule has 0 aliphatic heterocycles. The van der Waals surface area contributed by atoms with Crippen LogP contribution in [0.15, 0.2) is 18.3 Å². The molecule has 15 heavy (non-hydrogen) atoms. The van der Waals surface area contributed by atoms with Crippen LogP contribution in [0.3, 0.4) is 0 Å². The van der Waals surface area contributed by atoms with Crippen molar-refractivity contribution in [2.24, 2.45) is 11.8 Å². The number of anilines is 1. The molecule has 1 saturated carbocycles. The molecule has 0 radical (unpaired) electrons. The van der Waals surface area contributed by atoms with Crippen LogP contribution in [0.4, 0.5) is 10.2 Å². The van der Waals surface area contributed by atoms with E-state index < -0.39 is 0 Å². The summed E-state index contributed by atoms with van der Waals surface area (Å²) in [7, 11) is 0. The Morgan fingerprint density at radius 3 is 2.67 bits per heavy atom. The zero-order valence-electron chi connectivity index (χ0n) is 9.20. The van der Waals surface area contributed by atoms with Crippen LogP contribution in [0, 0.1) is 17.7 Å². The Balaban J connectivity index is 2.00. The van der Waals surface area contributed by atoms with Gasteiger partial charge in [-0.05, 0) is 36.8 Å². The first kappa shape index (κ1) is 10.4. The van der Waals surface area contributed by atoms with Gasteiger partial charge in [0.2, 0.25) is 0 Å². The lowest BCUT2D eigenvalue weighted by molar-refractivity contribution is 0.435. The van der Waals surface area contributed by atoms with Crippen LogP contribution in [0.25, 0.3) is 0 Å². The lowest BCUT2D eigenvalue weighted by Gasteiger charge is -2.20. The lowest BCUT2D eigenvalue weighted by Crippen LogP contribution is -2.24. The van der Waals surface area contributed by atoms with E-state index in [4.69, 9.17) is 0 Å². The van der Waals surface area contributed by atoms with Gasteiger partial charge in [0.15, 0.2) is 0 Å². The zero-order valence-corrected chi connectivity index (χ0v) is 9.20. The maximum Gasteiger partial charge on any atom is 0.141 e. The molecule has 3 atom stereocenters. The first-order valence-corrected chi connectivity index (χ1v) is 5.55. The van der Waals surface area contributed by atoms with Crippen LogP contribution < -0.4 is 5.32 Å². The van der Waals surface area contributed by atoms with Gasteiger partial charge in [0, 0.05) is 6.04 Å². The molecule has 1 aliphatic carbocycles. The van der Waals surface area contributed by atoms with Crippen molar-refractivity contribution in [1.29, 1.82) is 0 Å². The highest BCUT2D eigenvalue weighted by atomic mass is 19.1. The molecular formula is C12H17FN2. The monoisotopic (exact) mass is 208 g/mol. The van der Waals surface area contributed by atoms with Gasteiger partial charge in [0.25, 0.3) is 0 Å². The number of nitrogens with one attached hydrogen (secondary N) is 1. The Kier molecular flexibility index (Phi) is 2.89. The van der Waals surface area contributed by atoms with Gasteiger partial charge in [-0.25, -0.2) is 9.37 Å². The van der Waals surface area contributed by atoms with Gasteiger partial charge in [-0.2, -0.15) is 0 Å². The molecule has 1 aromatic rings. The molecule has 0 bridgehead atoms. The van der Waals surface area contributed by atoms with Crippen molar-refractivity contribution in [3.05, 3.63) is 24.1 Å². The van der Waals surface area contributed by atoms with Crippen molar-refractivity contribution >= 4 is 5.82 Å². The molecule has 2 nitrogen and oxygen atoms in total. The van der Waals surface area contributed by atoms with Crippen LogP contribution in [-0.2, 0) is 0 Å². The number of halogens is 1. The second kappa shape index (κ2) is 4.17. The molecule has 1 fully saturated rings. The number of pyridine rings is 1. The Bertz CT molecular complexity index is 323. The molecule has 0 saturated heterocycles. The van der Waals surface area contributed by atoms with E-state index in [-0.39, 0.29) is 5.82 Å². The Morgan fingerprint density at radius 1 is 1.33 bits per heavy atom. The molecule has 1 aromatic heterocycles. The second-order valence-corrected chi connectivity index (χ2v) is 4.53. The number of hydrogen-bond donors (Lipinski definition) is 1. The molecule has 0 spiro atoms. The quantitative estimate of drug-likeness (QED) is 0.808. The van der Waals surface area contributed by atoms with Crippen molar-refractivity contribution in [3.63, 3.8) is 0 Å². The highest BCUT2D eigenvalue weighted by Crippen LogP contribution is 2.32. The topological polar surface area (TPSA) is 24.9 Å². The van der Waals surface area contributed by atoms with Crippen molar-refractivity contribution in [3.8, 4) is 0 Å².